The quantitative estimate of drug-likeness (QED) is 0.590. The number of rotatable bonds is 7. The largest absolute Gasteiger partial charge is 0.326 e. The highest BCUT2D eigenvalue weighted by Crippen LogP contribution is 2.12. The molecule has 0 spiro atoms. The second-order valence-corrected chi connectivity index (χ2v) is 6.45. The number of amides is 2. The summed E-state index contributed by atoms with van der Waals surface area (Å²) in [7, 11) is 0. The molecule has 0 bridgehead atoms. The zero-order chi connectivity index (χ0) is 18.1. The Labute approximate surface area is 151 Å². The van der Waals surface area contributed by atoms with Crippen LogP contribution in [0.25, 0.3) is 0 Å². The molecule has 25 heavy (non-hydrogen) atoms. The highest BCUT2D eigenvalue weighted by Gasteiger charge is 2.03. The summed E-state index contributed by atoms with van der Waals surface area (Å²) in [4.78, 5) is 22.9. The van der Waals surface area contributed by atoms with Gasteiger partial charge in [-0.25, -0.2) is 5.43 Å². The van der Waals surface area contributed by atoms with E-state index in [2.05, 4.69) is 15.8 Å². The predicted octanol–water partition coefficient (Wildman–Crippen LogP) is 3.42. The maximum atomic E-state index is 11.9. The molecule has 0 unspecified atom stereocenters. The van der Waals surface area contributed by atoms with E-state index >= 15 is 0 Å². The Hall–Kier alpha value is -2.60. The summed E-state index contributed by atoms with van der Waals surface area (Å²) in [6.07, 6.45) is 0. The molecule has 2 aromatic carbocycles. The number of nitrogens with zero attached hydrogens (tertiary/aromatic N) is 1. The molecule has 0 aliphatic heterocycles. The summed E-state index contributed by atoms with van der Waals surface area (Å²) < 4.78 is 0. The number of nitrogens with one attached hydrogen (secondary N) is 2. The summed E-state index contributed by atoms with van der Waals surface area (Å²) in [6, 6.07) is 17.3. The lowest BCUT2D eigenvalue weighted by atomic mass is 10.1. The van der Waals surface area contributed by atoms with Crippen LogP contribution in [-0.4, -0.2) is 23.3 Å². The van der Waals surface area contributed by atoms with E-state index in [4.69, 9.17) is 0 Å². The molecule has 0 saturated heterocycles. The van der Waals surface area contributed by atoms with Crippen molar-refractivity contribution in [3.8, 4) is 0 Å². The molecule has 5 nitrogen and oxygen atoms in total. The minimum absolute atomic E-state index is 0.113. The van der Waals surface area contributed by atoms with Crippen molar-refractivity contribution >= 4 is 35.0 Å². The third kappa shape index (κ3) is 6.81. The predicted molar refractivity (Wildman–Crippen MR) is 104 cm³/mol. The van der Waals surface area contributed by atoms with Gasteiger partial charge in [0.05, 0.1) is 11.5 Å². The van der Waals surface area contributed by atoms with Crippen molar-refractivity contribution in [1.82, 2.24) is 5.43 Å². The number of thioether (sulfide) groups is 1. The topological polar surface area (TPSA) is 70.6 Å². The van der Waals surface area contributed by atoms with E-state index in [0.717, 1.165) is 17.0 Å². The SMILES string of the molecule is CC(=O)Nc1ccc(/C(C)=N\NC(=O)CSCc2ccccc2)cc1. The average molecular weight is 355 g/mol. The molecule has 0 aromatic heterocycles. The number of carbonyl (C=O) groups excluding carboxylic acids is 2. The average Bonchev–Trinajstić information content (AvgIpc) is 2.61. The fourth-order valence-electron chi connectivity index (χ4n) is 2.08. The number of carbonyl (C=O) groups is 2. The van der Waals surface area contributed by atoms with Crippen molar-refractivity contribution in [2.45, 2.75) is 19.6 Å². The third-order valence-electron chi connectivity index (χ3n) is 3.32. The molecule has 6 heteroatoms. The molecule has 2 rings (SSSR count). The summed E-state index contributed by atoms with van der Waals surface area (Å²) in [6.45, 7) is 3.29. The number of hydrogen-bond acceptors (Lipinski definition) is 4. The zero-order valence-corrected chi connectivity index (χ0v) is 15.1. The van der Waals surface area contributed by atoms with Crippen molar-refractivity contribution in [1.29, 1.82) is 0 Å². The first-order valence-electron chi connectivity index (χ1n) is 7.87. The summed E-state index contributed by atoms with van der Waals surface area (Å²) >= 11 is 1.55. The number of hydrazone groups is 1. The van der Waals surface area contributed by atoms with Crippen LogP contribution >= 0.6 is 11.8 Å². The van der Waals surface area contributed by atoms with Gasteiger partial charge in [0.25, 0.3) is 0 Å². The van der Waals surface area contributed by atoms with Gasteiger partial charge in [-0.1, -0.05) is 42.5 Å². The van der Waals surface area contributed by atoms with Crippen LogP contribution in [0.5, 0.6) is 0 Å². The first kappa shape index (κ1) is 18.7. The van der Waals surface area contributed by atoms with Gasteiger partial charge < -0.3 is 5.32 Å². The Morgan fingerprint density at radius 1 is 1.00 bits per heavy atom. The summed E-state index contributed by atoms with van der Waals surface area (Å²) in [5.41, 5.74) is 6.08. The molecular formula is C19H21N3O2S. The summed E-state index contributed by atoms with van der Waals surface area (Å²) in [5, 5.41) is 6.83. The molecule has 2 aromatic rings. The van der Waals surface area contributed by atoms with E-state index < -0.39 is 0 Å². The Kier molecular flexibility index (Phi) is 7.22. The zero-order valence-electron chi connectivity index (χ0n) is 14.3. The second-order valence-electron chi connectivity index (χ2n) is 5.47. The maximum absolute atomic E-state index is 11.9. The first-order chi connectivity index (χ1) is 12.0. The lowest BCUT2D eigenvalue weighted by Gasteiger charge is -2.05. The van der Waals surface area contributed by atoms with Crippen LogP contribution in [0.1, 0.15) is 25.0 Å². The van der Waals surface area contributed by atoms with Crippen LogP contribution in [0, 0.1) is 0 Å². The highest BCUT2D eigenvalue weighted by molar-refractivity contribution is 7.99. The van der Waals surface area contributed by atoms with Gasteiger partial charge in [0, 0.05) is 18.4 Å². The first-order valence-corrected chi connectivity index (χ1v) is 9.03. The van der Waals surface area contributed by atoms with Crippen molar-refractivity contribution in [3.05, 3.63) is 65.7 Å². The number of benzene rings is 2. The molecule has 0 fully saturated rings. The standard InChI is InChI=1S/C19H21N3O2S/c1-14(17-8-10-18(11-9-17)20-15(2)23)21-22-19(24)13-25-12-16-6-4-3-5-7-16/h3-11H,12-13H2,1-2H3,(H,20,23)(H,22,24)/b21-14-. The molecule has 2 amide bonds. The molecule has 0 aliphatic rings. The molecule has 0 atom stereocenters. The van der Waals surface area contributed by atoms with Crippen molar-refractivity contribution in [2.75, 3.05) is 11.1 Å². The molecule has 0 aliphatic carbocycles. The summed E-state index contributed by atoms with van der Waals surface area (Å²) in [5.74, 6) is 0.905. The minimum Gasteiger partial charge on any atom is -0.326 e. The lowest BCUT2D eigenvalue weighted by Crippen LogP contribution is -2.21. The van der Waals surface area contributed by atoms with Crippen molar-refractivity contribution < 1.29 is 9.59 Å². The molecule has 0 radical (unpaired) electrons. The van der Waals surface area contributed by atoms with E-state index in [-0.39, 0.29) is 11.8 Å². The van der Waals surface area contributed by atoms with Gasteiger partial charge in [0.15, 0.2) is 0 Å². The Morgan fingerprint density at radius 2 is 1.68 bits per heavy atom. The van der Waals surface area contributed by atoms with Crippen LogP contribution in [0.15, 0.2) is 59.7 Å². The minimum atomic E-state index is -0.129. The van der Waals surface area contributed by atoms with Gasteiger partial charge >= 0.3 is 0 Å². The second kappa shape index (κ2) is 9.64. The van der Waals surface area contributed by atoms with Crippen LogP contribution in [0.3, 0.4) is 0 Å². The van der Waals surface area contributed by atoms with Gasteiger partial charge in [-0.3, -0.25) is 9.59 Å². The van der Waals surface area contributed by atoms with Gasteiger partial charge in [0.1, 0.15) is 0 Å². The molecule has 0 heterocycles. The van der Waals surface area contributed by atoms with Crippen LogP contribution in [-0.2, 0) is 15.3 Å². The molecule has 0 saturated carbocycles. The number of anilines is 1. The molecule has 2 N–H and O–H groups in total. The van der Waals surface area contributed by atoms with E-state index in [0.29, 0.717) is 11.5 Å². The molecular weight excluding hydrogens is 334 g/mol. The van der Waals surface area contributed by atoms with Gasteiger partial charge in [-0.15, -0.1) is 11.8 Å². The van der Waals surface area contributed by atoms with Gasteiger partial charge in [-0.05, 0) is 30.2 Å². The van der Waals surface area contributed by atoms with Crippen LogP contribution in [0.2, 0.25) is 0 Å². The van der Waals surface area contributed by atoms with Crippen molar-refractivity contribution in [3.63, 3.8) is 0 Å². The van der Waals surface area contributed by atoms with E-state index in [9.17, 15) is 9.59 Å². The Balaban J connectivity index is 1.79. The number of hydrogen-bond donors (Lipinski definition) is 2. The van der Waals surface area contributed by atoms with E-state index in [1.807, 2.05) is 49.4 Å². The normalized spacial score (nSPS) is 11.0. The van der Waals surface area contributed by atoms with Gasteiger partial charge in [0.2, 0.25) is 11.8 Å². The van der Waals surface area contributed by atoms with Gasteiger partial charge in [-0.2, -0.15) is 5.10 Å². The van der Waals surface area contributed by atoms with E-state index in [1.165, 1.54) is 12.5 Å². The fourth-order valence-corrected chi connectivity index (χ4v) is 2.86. The fraction of sp³-hybridized carbons (Fsp3) is 0.211. The third-order valence-corrected chi connectivity index (χ3v) is 4.32. The highest BCUT2D eigenvalue weighted by atomic mass is 32.2. The maximum Gasteiger partial charge on any atom is 0.250 e. The smallest absolute Gasteiger partial charge is 0.250 e. The van der Waals surface area contributed by atoms with E-state index in [1.54, 1.807) is 23.9 Å². The lowest BCUT2D eigenvalue weighted by molar-refractivity contribution is -0.118. The molecule has 130 valence electrons. The van der Waals surface area contributed by atoms with Crippen LogP contribution in [0.4, 0.5) is 5.69 Å². The van der Waals surface area contributed by atoms with Crippen molar-refractivity contribution in [2.24, 2.45) is 5.10 Å². The van der Waals surface area contributed by atoms with Crippen LogP contribution < -0.4 is 10.7 Å². The monoisotopic (exact) mass is 355 g/mol. The Morgan fingerprint density at radius 3 is 2.32 bits per heavy atom. The Bertz CT molecular complexity index is 743.